The van der Waals surface area contributed by atoms with Crippen molar-refractivity contribution in [1.82, 2.24) is 35.2 Å². The largest absolute Gasteiger partial charge is 0.351 e. The van der Waals surface area contributed by atoms with Crippen molar-refractivity contribution in [2.45, 2.75) is 19.9 Å². The predicted octanol–water partition coefficient (Wildman–Crippen LogP) is -0.0872. The molecular formula is C17H22N8O3S. The van der Waals surface area contributed by atoms with E-state index in [1.807, 2.05) is 12.3 Å². The van der Waals surface area contributed by atoms with E-state index >= 15 is 0 Å². The van der Waals surface area contributed by atoms with Crippen LogP contribution in [0.15, 0.2) is 18.6 Å². The number of hydrogen-bond donors (Lipinski definition) is 4. The van der Waals surface area contributed by atoms with Crippen molar-refractivity contribution < 1.29 is 13.2 Å². The quantitative estimate of drug-likeness (QED) is 0.392. The molecule has 1 aliphatic heterocycles. The van der Waals surface area contributed by atoms with Gasteiger partial charge >= 0.3 is 0 Å². The lowest BCUT2D eigenvalue weighted by Crippen LogP contribution is -2.36. The second-order valence-electron chi connectivity index (χ2n) is 6.69. The number of H-pyrrole nitrogens is 2. The van der Waals surface area contributed by atoms with Crippen LogP contribution >= 0.6 is 0 Å². The fourth-order valence-electron chi connectivity index (χ4n) is 3.34. The highest BCUT2D eigenvalue weighted by atomic mass is 32.2. The molecule has 4 heterocycles. The van der Waals surface area contributed by atoms with Gasteiger partial charge in [-0.25, -0.2) is 23.1 Å². The molecular weight excluding hydrogens is 396 g/mol. The third-order valence-electron chi connectivity index (χ3n) is 4.89. The van der Waals surface area contributed by atoms with E-state index in [4.69, 9.17) is 0 Å². The summed E-state index contributed by atoms with van der Waals surface area (Å²) >= 11 is 0. The number of anilines is 1. The van der Waals surface area contributed by atoms with Gasteiger partial charge in [-0.3, -0.25) is 9.89 Å². The molecule has 3 aromatic rings. The van der Waals surface area contributed by atoms with Crippen LogP contribution in [0.3, 0.4) is 0 Å². The lowest BCUT2D eigenvalue weighted by Gasteiger charge is -2.28. The number of carbonyl (C=O) groups is 1. The number of aromatic nitrogens is 5. The molecule has 0 spiro atoms. The summed E-state index contributed by atoms with van der Waals surface area (Å²) in [5, 5.41) is 10.8. The minimum atomic E-state index is -3.28. The van der Waals surface area contributed by atoms with Gasteiger partial charge in [-0.05, 0) is 13.0 Å². The maximum atomic E-state index is 12.6. The Labute approximate surface area is 167 Å². The van der Waals surface area contributed by atoms with Crippen molar-refractivity contribution in [3.05, 3.63) is 35.5 Å². The van der Waals surface area contributed by atoms with Crippen LogP contribution in [0.2, 0.25) is 0 Å². The molecule has 0 bridgehead atoms. The lowest BCUT2D eigenvalue weighted by molar-refractivity contribution is 0.0948. The van der Waals surface area contributed by atoms with Crippen LogP contribution in [0.25, 0.3) is 11.0 Å². The summed E-state index contributed by atoms with van der Waals surface area (Å²) in [5.41, 5.74) is 2.84. The molecule has 0 radical (unpaired) electrons. The van der Waals surface area contributed by atoms with Gasteiger partial charge in [-0.1, -0.05) is 0 Å². The van der Waals surface area contributed by atoms with Crippen LogP contribution in [-0.2, 0) is 23.0 Å². The average Bonchev–Trinajstić information content (AvgIpc) is 3.37. The van der Waals surface area contributed by atoms with Crippen molar-refractivity contribution in [2.24, 2.45) is 0 Å². The third kappa shape index (κ3) is 3.93. The van der Waals surface area contributed by atoms with Crippen LogP contribution in [0.5, 0.6) is 0 Å². The summed E-state index contributed by atoms with van der Waals surface area (Å²) in [7, 11) is -3.28. The summed E-state index contributed by atoms with van der Waals surface area (Å²) in [5.74, 6) is 0.471. The minimum absolute atomic E-state index is 0.00110. The molecule has 12 heteroatoms. The van der Waals surface area contributed by atoms with E-state index in [0.29, 0.717) is 18.7 Å². The molecule has 4 rings (SSSR count). The van der Waals surface area contributed by atoms with Gasteiger partial charge in [0.2, 0.25) is 10.0 Å². The van der Waals surface area contributed by atoms with Crippen LogP contribution in [0, 0.1) is 0 Å². The summed E-state index contributed by atoms with van der Waals surface area (Å²) in [6, 6.07) is 1.93. The average molecular weight is 418 g/mol. The number of sulfonamides is 1. The third-order valence-corrected chi connectivity index (χ3v) is 6.30. The van der Waals surface area contributed by atoms with Gasteiger partial charge in [0.25, 0.3) is 5.91 Å². The second-order valence-corrected chi connectivity index (χ2v) is 8.79. The maximum absolute atomic E-state index is 12.6. The molecule has 154 valence electrons. The Hall–Kier alpha value is -2.99. The van der Waals surface area contributed by atoms with E-state index < -0.39 is 10.0 Å². The first kappa shape index (κ1) is 19.3. The number of hydrogen-bond acceptors (Lipinski definition) is 7. The summed E-state index contributed by atoms with van der Waals surface area (Å²) in [6.07, 6.45) is 4.05. The van der Waals surface area contributed by atoms with E-state index in [9.17, 15) is 13.2 Å². The number of aromatic amines is 2. The van der Waals surface area contributed by atoms with Crippen LogP contribution in [0.4, 0.5) is 5.82 Å². The molecule has 0 aliphatic carbocycles. The zero-order valence-electron chi connectivity index (χ0n) is 15.9. The number of nitrogens with zero attached hydrogens (tertiary/aromatic N) is 4. The number of amides is 1. The Kier molecular flexibility index (Phi) is 5.20. The van der Waals surface area contributed by atoms with E-state index in [1.54, 1.807) is 6.92 Å². The van der Waals surface area contributed by atoms with Gasteiger partial charge < -0.3 is 15.2 Å². The molecule has 11 nitrogen and oxygen atoms in total. The van der Waals surface area contributed by atoms with Gasteiger partial charge in [0.15, 0.2) is 5.69 Å². The molecule has 0 unspecified atom stereocenters. The molecule has 1 amide bonds. The second kappa shape index (κ2) is 7.79. The maximum Gasteiger partial charge on any atom is 0.272 e. The SMILES string of the molecule is CCS(=O)(=O)NCCNC(=O)c1n[nH]c2c1CN(c1ncnc3[nH]ccc13)CC2. The first-order valence-corrected chi connectivity index (χ1v) is 11.0. The standard InChI is InChI=1S/C17H22N8O3S/c1-2-29(27,28)22-7-6-19-17(26)14-12-9-25(8-4-13(12)23-24-14)16-11-3-5-18-15(11)20-10-21-16/h3,5,10,22H,2,4,6-9H2,1H3,(H,19,26)(H,23,24)(H,18,20,21). The van der Waals surface area contributed by atoms with E-state index in [1.165, 1.54) is 6.33 Å². The van der Waals surface area contributed by atoms with Crippen LogP contribution in [-0.4, -0.2) is 64.9 Å². The van der Waals surface area contributed by atoms with Crippen molar-refractivity contribution in [3.8, 4) is 0 Å². The zero-order chi connectivity index (χ0) is 20.4. The smallest absolute Gasteiger partial charge is 0.272 e. The fraction of sp³-hybridized carbons (Fsp3) is 0.412. The molecule has 0 atom stereocenters. The van der Waals surface area contributed by atoms with Crippen LogP contribution in [0.1, 0.15) is 28.7 Å². The Morgan fingerprint density at radius 1 is 1.31 bits per heavy atom. The number of nitrogens with one attached hydrogen (secondary N) is 4. The summed E-state index contributed by atoms with van der Waals surface area (Å²) in [6.45, 7) is 3.11. The highest BCUT2D eigenvalue weighted by molar-refractivity contribution is 7.89. The monoisotopic (exact) mass is 418 g/mol. The molecule has 0 saturated carbocycles. The lowest BCUT2D eigenvalue weighted by atomic mass is 10.0. The Morgan fingerprint density at radius 2 is 2.17 bits per heavy atom. The minimum Gasteiger partial charge on any atom is -0.351 e. The summed E-state index contributed by atoms with van der Waals surface area (Å²) in [4.78, 5) is 26.4. The predicted molar refractivity (Wildman–Crippen MR) is 107 cm³/mol. The van der Waals surface area contributed by atoms with E-state index in [0.717, 1.165) is 34.7 Å². The van der Waals surface area contributed by atoms with E-state index in [-0.39, 0.29) is 24.7 Å². The van der Waals surface area contributed by atoms with Gasteiger partial charge in [0.1, 0.15) is 17.8 Å². The Morgan fingerprint density at radius 3 is 3.00 bits per heavy atom. The van der Waals surface area contributed by atoms with Crippen molar-refractivity contribution in [2.75, 3.05) is 30.3 Å². The normalized spacial score (nSPS) is 14.2. The molecule has 0 saturated heterocycles. The van der Waals surface area contributed by atoms with Gasteiger partial charge in [-0.15, -0.1) is 0 Å². The molecule has 0 fully saturated rings. The van der Waals surface area contributed by atoms with Crippen molar-refractivity contribution in [1.29, 1.82) is 0 Å². The number of rotatable bonds is 7. The summed E-state index contributed by atoms with van der Waals surface area (Å²) < 4.78 is 25.3. The van der Waals surface area contributed by atoms with Crippen molar-refractivity contribution in [3.63, 3.8) is 0 Å². The first-order chi connectivity index (χ1) is 14.0. The molecule has 1 aliphatic rings. The van der Waals surface area contributed by atoms with Gasteiger partial charge in [0.05, 0.1) is 11.1 Å². The molecule has 29 heavy (non-hydrogen) atoms. The Bertz CT molecular complexity index is 1140. The first-order valence-electron chi connectivity index (χ1n) is 9.33. The van der Waals surface area contributed by atoms with Gasteiger partial charge in [-0.2, -0.15) is 5.10 Å². The number of fused-ring (bicyclic) bond motifs is 2. The fourth-order valence-corrected chi connectivity index (χ4v) is 3.96. The number of carbonyl (C=O) groups excluding carboxylic acids is 1. The zero-order valence-corrected chi connectivity index (χ0v) is 16.7. The topological polar surface area (TPSA) is 149 Å². The Balaban J connectivity index is 1.46. The molecule has 0 aromatic carbocycles. The van der Waals surface area contributed by atoms with E-state index in [2.05, 4.69) is 40.1 Å². The molecule has 3 aromatic heterocycles. The van der Waals surface area contributed by atoms with Crippen LogP contribution < -0.4 is 14.9 Å². The van der Waals surface area contributed by atoms with Gasteiger partial charge in [0, 0.05) is 50.1 Å². The highest BCUT2D eigenvalue weighted by Gasteiger charge is 2.27. The van der Waals surface area contributed by atoms with Crippen molar-refractivity contribution >= 4 is 32.8 Å². The molecule has 4 N–H and O–H groups in total. The highest BCUT2D eigenvalue weighted by Crippen LogP contribution is 2.28.